The monoisotopic (exact) mass is 325 g/mol. The Balaban J connectivity index is 2.46. The van der Waals surface area contributed by atoms with Gasteiger partial charge in [-0.05, 0) is 31.5 Å². The number of hydrogen-bond acceptors (Lipinski definition) is 5. The lowest BCUT2D eigenvalue weighted by atomic mass is 9.96. The lowest BCUT2D eigenvalue weighted by Crippen LogP contribution is -2.41. The zero-order valence-electron chi connectivity index (χ0n) is 12.7. The van der Waals surface area contributed by atoms with E-state index in [0.717, 1.165) is 6.42 Å². The Morgan fingerprint density at radius 2 is 2.14 bits per heavy atom. The predicted octanol–water partition coefficient (Wildman–Crippen LogP) is 3.11. The number of rotatable bonds is 5. The molecule has 0 saturated carbocycles. The first kappa shape index (κ1) is 16.6. The number of esters is 1. The fourth-order valence-corrected chi connectivity index (χ4v) is 2.75. The highest BCUT2D eigenvalue weighted by atomic mass is 35.5. The van der Waals surface area contributed by atoms with E-state index in [1.165, 1.54) is 0 Å². The second-order valence-corrected chi connectivity index (χ2v) is 5.52. The minimum absolute atomic E-state index is 0.0837. The molecule has 0 aromatic heterocycles. The zero-order valence-corrected chi connectivity index (χ0v) is 13.4. The number of aliphatic hydroxyl groups excluding tert-OH is 2. The molecule has 0 saturated heterocycles. The molecule has 0 radical (unpaired) electrons. The molecule has 22 heavy (non-hydrogen) atoms. The van der Waals surface area contributed by atoms with E-state index in [4.69, 9.17) is 16.3 Å². The summed E-state index contributed by atoms with van der Waals surface area (Å²) in [6.45, 7) is 4.53. The summed E-state index contributed by atoms with van der Waals surface area (Å²) >= 11 is 6.02. The van der Waals surface area contributed by atoms with Crippen molar-refractivity contribution in [3.63, 3.8) is 0 Å². The van der Waals surface area contributed by atoms with Crippen LogP contribution in [0.5, 0.6) is 0 Å². The van der Waals surface area contributed by atoms with Crippen LogP contribution in [-0.4, -0.2) is 35.6 Å². The first-order chi connectivity index (χ1) is 10.5. The minimum atomic E-state index is -1.07. The molecule has 0 fully saturated rings. The quantitative estimate of drug-likeness (QED) is 0.814. The molecule has 0 aliphatic carbocycles. The van der Waals surface area contributed by atoms with Crippen LogP contribution in [0.15, 0.2) is 23.8 Å². The van der Waals surface area contributed by atoms with Gasteiger partial charge >= 0.3 is 5.97 Å². The van der Waals surface area contributed by atoms with Crippen LogP contribution in [0.1, 0.15) is 32.3 Å². The fourth-order valence-electron chi connectivity index (χ4n) is 2.58. The van der Waals surface area contributed by atoms with Crippen LogP contribution >= 0.6 is 11.6 Å². The van der Waals surface area contributed by atoms with Gasteiger partial charge in [0.05, 0.1) is 18.7 Å². The lowest BCUT2D eigenvalue weighted by Gasteiger charge is -2.37. The van der Waals surface area contributed by atoms with E-state index in [9.17, 15) is 15.0 Å². The van der Waals surface area contributed by atoms with Crippen LogP contribution < -0.4 is 4.90 Å². The van der Waals surface area contributed by atoms with Crippen molar-refractivity contribution in [3.8, 4) is 0 Å². The van der Waals surface area contributed by atoms with Gasteiger partial charge in [-0.25, -0.2) is 0 Å². The van der Waals surface area contributed by atoms with Gasteiger partial charge < -0.3 is 19.8 Å². The lowest BCUT2D eigenvalue weighted by molar-refractivity contribution is -0.142. The Labute approximate surface area is 134 Å². The first-order valence-electron chi connectivity index (χ1n) is 7.31. The topological polar surface area (TPSA) is 70.0 Å². The molecular weight excluding hydrogens is 306 g/mol. The highest BCUT2D eigenvalue weighted by Crippen LogP contribution is 2.39. The van der Waals surface area contributed by atoms with E-state index in [-0.39, 0.29) is 24.4 Å². The van der Waals surface area contributed by atoms with E-state index in [0.29, 0.717) is 22.8 Å². The Bertz CT molecular complexity index is 600. The van der Waals surface area contributed by atoms with Gasteiger partial charge in [0.1, 0.15) is 5.76 Å². The number of anilines is 1. The minimum Gasteiger partial charge on any atom is -0.507 e. The average molecular weight is 326 g/mol. The third-order valence-electron chi connectivity index (χ3n) is 3.54. The Morgan fingerprint density at radius 1 is 1.41 bits per heavy atom. The van der Waals surface area contributed by atoms with Crippen LogP contribution in [-0.2, 0) is 9.53 Å². The molecule has 1 aliphatic rings. The van der Waals surface area contributed by atoms with Gasteiger partial charge in [-0.1, -0.05) is 18.5 Å². The summed E-state index contributed by atoms with van der Waals surface area (Å²) in [5.74, 6) is -0.559. The molecule has 1 aromatic rings. The third-order valence-corrected chi connectivity index (χ3v) is 3.78. The number of hydrogen-bond donors (Lipinski definition) is 2. The van der Waals surface area contributed by atoms with Gasteiger partial charge in [-0.3, -0.25) is 4.79 Å². The van der Waals surface area contributed by atoms with Crippen molar-refractivity contribution in [2.24, 2.45) is 0 Å². The van der Waals surface area contributed by atoms with Crippen molar-refractivity contribution in [1.82, 2.24) is 0 Å². The summed E-state index contributed by atoms with van der Waals surface area (Å²) in [5, 5.41) is 21.5. The van der Waals surface area contributed by atoms with Crippen molar-refractivity contribution in [3.05, 3.63) is 34.4 Å². The molecular formula is C16H20ClNO4. The number of aliphatic hydroxyl groups is 2. The zero-order chi connectivity index (χ0) is 16.3. The summed E-state index contributed by atoms with van der Waals surface area (Å²) < 4.78 is 4.91. The number of nitrogens with zero attached hydrogens (tertiary/aromatic N) is 1. The molecule has 1 unspecified atom stereocenters. The summed E-state index contributed by atoms with van der Waals surface area (Å²) in [6.07, 6.45) is -0.421. The highest BCUT2D eigenvalue weighted by molar-refractivity contribution is 6.31. The molecule has 5 nitrogen and oxygen atoms in total. The first-order valence-corrected chi connectivity index (χ1v) is 7.69. The molecule has 2 rings (SSSR count). The van der Waals surface area contributed by atoms with E-state index < -0.39 is 12.2 Å². The number of carbonyl (C=O) groups is 1. The maximum absolute atomic E-state index is 11.7. The normalized spacial score (nSPS) is 17.5. The largest absolute Gasteiger partial charge is 0.507 e. The van der Waals surface area contributed by atoms with Crippen LogP contribution in [0.25, 0.3) is 5.76 Å². The van der Waals surface area contributed by atoms with Crippen molar-refractivity contribution in [2.45, 2.75) is 32.9 Å². The number of carbonyl (C=O) groups excluding carboxylic acids is 1. The number of fused-ring (bicyclic) bond motifs is 1. The van der Waals surface area contributed by atoms with Gasteiger partial charge in [0.15, 0.2) is 6.23 Å². The van der Waals surface area contributed by atoms with Crippen LogP contribution in [0, 0.1) is 0 Å². The van der Waals surface area contributed by atoms with Gasteiger partial charge in [-0.15, -0.1) is 0 Å². The molecule has 2 N–H and O–H groups in total. The Morgan fingerprint density at radius 3 is 2.77 bits per heavy atom. The predicted molar refractivity (Wildman–Crippen MR) is 85.9 cm³/mol. The molecule has 1 heterocycles. The molecule has 1 aromatic carbocycles. The second kappa shape index (κ2) is 7.03. The van der Waals surface area contributed by atoms with E-state index in [1.807, 2.05) is 6.92 Å². The van der Waals surface area contributed by atoms with Crippen LogP contribution in [0.2, 0.25) is 5.02 Å². The van der Waals surface area contributed by atoms with Crippen molar-refractivity contribution in [2.75, 3.05) is 18.1 Å². The summed E-state index contributed by atoms with van der Waals surface area (Å²) in [7, 11) is 0. The van der Waals surface area contributed by atoms with Gasteiger partial charge in [0.25, 0.3) is 0 Å². The summed E-state index contributed by atoms with van der Waals surface area (Å²) in [6, 6.07) is 5.06. The molecule has 0 bridgehead atoms. The highest BCUT2D eigenvalue weighted by Gasteiger charge is 2.33. The molecule has 0 amide bonds. The standard InChI is InChI=1S/C16H20ClNO4/c1-3-7-18-13-8-10(17)5-6-11(13)15(20)12(16(18)21)9-14(19)22-4-2/h5-6,8,16,20-21H,3-4,7,9H2,1-2H3. The third kappa shape index (κ3) is 3.20. The molecule has 6 heteroatoms. The SMILES string of the molecule is CCCN1c2cc(Cl)ccc2C(O)=C(CC(=O)OCC)C1O. The van der Waals surface area contributed by atoms with Crippen molar-refractivity contribution in [1.29, 1.82) is 0 Å². The smallest absolute Gasteiger partial charge is 0.310 e. The number of halogens is 1. The Hall–Kier alpha value is -1.72. The van der Waals surface area contributed by atoms with Gasteiger partial charge in [0.2, 0.25) is 0 Å². The molecule has 0 spiro atoms. The van der Waals surface area contributed by atoms with E-state index in [2.05, 4.69) is 0 Å². The number of benzene rings is 1. The van der Waals surface area contributed by atoms with Crippen molar-refractivity contribution >= 4 is 29.0 Å². The van der Waals surface area contributed by atoms with Crippen molar-refractivity contribution < 1.29 is 19.7 Å². The Kier molecular flexibility index (Phi) is 5.32. The second-order valence-electron chi connectivity index (χ2n) is 5.08. The molecule has 120 valence electrons. The fraction of sp³-hybridized carbons (Fsp3) is 0.438. The number of ether oxygens (including phenoxy) is 1. The van der Waals surface area contributed by atoms with E-state index >= 15 is 0 Å². The summed E-state index contributed by atoms with van der Waals surface area (Å²) in [4.78, 5) is 13.4. The van der Waals surface area contributed by atoms with Gasteiger partial charge in [-0.2, -0.15) is 0 Å². The summed E-state index contributed by atoms with van der Waals surface area (Å²) in [5.41, 5.74) is 1.47. The van der Waals surface area contributed by atoms with Gasteiger partial charge in [0, 0.05) is 22.7 Å². The molecule has 1 atom stereocenters. The molecule has 1 aliphatic heterocycles. The average Bonchev–Trinajstić information content (AvgIpc) is 2.48. The maximum Gasteiger partial charge on any atom is 0.310 e. The maximum atomic E-state index is 11.7. The van der Waals surface area contributed by atoms with Crippen LogP contribution in [0.3, 0.4) is 0 Å². The van der Waals surface area contributed by atoms with Crippen LogP contribution in [0.4, 0.5) is 5.69 Å². The van der Waals surface area contributed by atoms with E-state index in [1.54, 1.807) is 30.0 Å².